The van der Waals surface area contributed by atoms with Crippen LogP contribution in [0.15, 0.2) is 47.2 Å². The van der Waals surface area contributed by atoms with E-state index in [4.69, 9.17) is 14.0 Å². The average molecular weight is 427 g/mol. The Morgan fingerprint density at radius 1 is 1.26 bits per heavy atom. The van der Waals surface area contributed by atoms with E-state index < -0.39 is 11.7 Å². The van der Waals surface area contributed by atoms with Gasteiger partial charge in [-0.05, 0) is 37.1 Å². The van der Waals surface area contributed by atoms with Gasteiger partial charge in [0.05, 0.1) is 20.8 Å². The number of alkyl halides is 1. The summed E-state index contributed by atoms with van der Waals surface area (Å²) in [4.78, 5) is 22.4. The number of likely N-dealkylation sites (tertiary alicyclic amines) is 1. The lowest BCUT2D eigenvalue weighted by Gasteiger charge is -2.35. The number of ether oxygens (including phenoxy) is 2. The molecule has 1 saturated heterocycles. The van der Waals surface area contributed by atoms with Crippen LogP contribution in [0, 0.1) is 0 Å². The lowest BCUT2D eigenvalue weighted by Crippen LogP contribution is -2.48. The van der Waals surface area contributed by atoms with Gasteiger partial charge in [-0.1, -0.05) is 5.16 Å². The number of pyridine rings is 1. The Kier molecular flexibility index (Phi) is 5.70. The molecule has 3 heterocycles. The Labute approximate surface area is 178 Å². The molecule has 1 fully saturated rings. The molecular formula is C21H22FN5O4. The van der Waals surface area contributed by atoms with Crippen LogP contribution in [-0.4, -0.2) is 53.4 Å². The number of anilines is 1. The van der Waals surface area contributed by atoms with E-state index in [-0.39, 0.29) is 24.7 Å². The maximum absolute atomic E-state index is 15.7. The number of hydrogen-bond donors (Lipinski definition) is 1. The Morgan fingerprint density at radius 3 is 2.84 bits per heavy atom. The van der Waals surface area contributed by atoms with Crippen molar-refractivity contribution in [3.05, 3.63) is 48.6 Å². The molecule has 3 aromatic rings. The highest BCUT2D eigenvalue weighted by molar-refractivity contribution is 5.89. The van der Waals surface area contributed by atoms with Crippen LogP contribution in [0.1, 0.15) is 18.7 Å². The molecule has 0 aliphatic carbocycles. The molecule has 2 amide bonds. The summed E-state index contributed by atoms with van der Waals surface area (Å²) in [5.74, 6) is 1.14. The summed E-state index contributed by atoms with van der Waals surface area (Å²) in [7, 11) is 3.04. The van der Waals surface area contributed by atoms with E-state index >= 15 is 4.39 Å². The van der Waals surface area contributed by atoms with Gasteiger partial charge in [-0.3, -0.25) is 4.98 Å². The summed E-state index contributed by atoms with van der Waals surface area (Å²) in [5, 5.41) is 6.64. The molecule has 0 saturated carbocycles. The van der Waals surface area contributed by atoms with Crippen molar-refractivity contribution >= 4 is 11.7 Å². The van der Waals surface area contributed by atoms with Gasteiger partial charge < -0.3 is 24.2 Å². The number of nitrogens with one attached hydrogen (secondary N) is 1. The van der Waals surface area contributed by atoms with E-state index in [0.717, 1.165) is 0 Å². The van der Waals surface area contributed by atoms with Crippen molar-refractivity contribution in [1.29, 1.82) is 0 Å². The zero-order valence-corrected chi connectivity index (χ0v) is 17.2. The van der Waals surface area contributed by atoms with E-state index in [0.29, 0.717) is 35.7 Å². The molecule has 1 aromatic carbocycles. The number of carbonyl (C=O) groups excluding carboxylic acids is 1. The normalized spacial score (nSPS) is 18.5. The molecule has 31 heavy (non-hydrogen) atoms. The van der Waals surface area contributed by atoms with E-state index in [1.54, 1.807) is 42.7 Å². The maximum atomic E-state index is 15.7. The number of aromatic nitrogens is 3. The molecule has 1 aliphatic heterocycles. The molecule has 1 aliphatic rings. The second-order valence-electron chi connectivity index (χ2n) is 7.16. The van der Waals surface area contributed by atoms with Crippen LogP contribution in [0.25, 0.3) is 11.4 Å². The SMILES string of the molecule is COc1ccc(NC(=O)N2CCCC(F)(c3nc(-c4cccnc4)no3)C2)cc1OC. The number of hydrogen-bond acceptors (Lipinski definition) is 7. The molecule has 1 N–H and O–H groups in total. The highest BCUT2D eigenvalue weighted by atomic mass is 19.1. The first-order valence-corrected chi connectivity index (χ1v) is 9.74. The van der Waals surface area contributed by atoms with Gasteiger partial charge in [0.15, 0.2) is 11.5 Å². The lowest BCUT2D eigenvalue weighted by molar-refractivity contribution is 0.0333. The lowest BCUT2D eigenvalue weighted by atomic mass is 9.94. The predicted octanol–water partition coefficient (Wildman–Crippen LogP) is 3.64. The molecule has 4 rings (SSSR count). The van der Waals surface area contributed by atoms with Crippen molar-refractivity contribution in [2.75, 3.05) is 32.6 Å². The third kappa shape index (κ3) is 4.27. The number of urea groups is 1. The molecule has 0 bridgehead atoms. The molecule has 10 heteroatoms. The number of nitrogens with zero attached hydrogens (tertiary/aromatic N) is 4. The number of amides is 2. The second-order valence-corrected chi connectivity index (χ2v) is 7.16. The Balaban J connectivity index is 1.48. The van der Waals surface area contributed by atoms with Gasteiger partial charge in [0.1, 0.15) is 0 Å². The average Bonchev–Trinajstić information content (AvgIpc) is 3.31. The highest BCUT2D eigenvalue weighted by Gasteiger charge is 2.44. The van der Waals surface area contributed by atoms with Gasteiger partial charge in [0, 0.05) is 36.3 Å². The minimum atomic E-state index is -1.93. The third-order valence-corrected chi connectivity index (χ3v) is 5.09. The minimum absolute atomic E-state index is 0.144. The highest BCUT2D eigenvalue weighted by Crippen LogP contribution is 2.36. The number of rotatable bonds is 5. The van der Waals surface area contributed by atoms with Crippen LogP contribution in [0.2, 0.25) is 0 Å². The topological polar surface area (TPSA) is 103 Å². The van der Waals surface area contributed by atoms with Gasteiger partial charge >= 0.3 is 6.03 Å². The maximum Gasteiger partial charge on any atom is 0.321 e. The van der Waals surface area contributed by atoms with Crippen LogP contribution < -0.4 is 14.8 Å². The van der Waals surface area contributed by atoms with E-state index in [1.807, 2.05) is 0 Å². The van der Waals surface area contributed by atoms with Crippen molar-refractivity contribution in [2.45, 2.75) is 18.5 Å². The van der Waals surface area contributed by atoms with Gasteiger partial charge in [-0.25, -0.2) is 9.18 Å². The van der Waals surface area contributed by atoms with Gasteiger partial charge in [0.25, 0.3) is 5.89 Å². The van der Waals surface area contributed by atoms with Crippen LogP contribution in [0.5, 0.6) is 11.5 Å². The van der Waals surface area contributed by atoms with Crippen LogP contribution in [0.4, 0.5) is 14.9 Å². The van der Waals surface area contributed by atoms with E-state index in [9.17, 15) is 4.79 Å². The smallest absolute Gasteiger partial charge is 0.321 e. The largest absolute Gasteiger partial charge is 0.493 e. The summed E-state index contributed by atoms with van der Waals surface area (Å²) in [6.07, 6.45) is 3.84. The summed E-state index contributed by atoms with van der Waals surface area (Å²) in [6.45, 7) is 0.217. The molecule has 0 spiro atoms. The van der Waals surface area contributed by atoms with Crippen LogP contribution in [-0.2, 0) is 5.67 Å². The first-order chi connectivity index (χ1) is 15.0. The molecule has 162 valence electrons. The number of methoxy groups -OCH3 is 2. The Hall–Kier alpha value is -3.69. The Bertz CT molecular complexity index is 1060. The first kappa shape index (κ1) is 20.6. The standard InChI is InChI=1S/C21H22FN5O4/c1-29-16-7-6-15(11-17(16)30-2)24-20(28)27-10-4-8-21(22,13-27)19-25-18(26-31-19)14-5-3-9-23-12-14/h3,5-7,9,11-12H,4,8,10,13H2,1-2H3,(H,24,28). The van der Waals surface area contributed by atoms with E-state index in [2.05, 4.69) is 20.4 Å². The third-order valence-electron chi connectivity index (χ3n) is 5.09. The van der Waals surface area contributed by atoms with Gasteiger partial charge in [-0.2, -0.15) is 4.98 Å². The zero-order valence-electron chi connectivity index (χ0n) is 17.2. The summed E-state index contributed by atoms with van der Waals surface area (Å²) in [5.41, 5.74) is -0.796. The van der Waals surface area contributed by atoms with Crippen molar-refractivity contribution < 1.29 is 23.2 Å². The molecule has 9 nitrogen and oxygen atoms in total. The molecule has 1 unspecified atom stereocenters. The fourth-order valence-electron chi connectivity index (χ4n) is 3.49. The van der Waals surface area contributed by atoms with Crippen LogP contribution >= 0.6 is 0 Å². The molecular weight excluding hydrogens is 405 g/mol. The van der Waals surface area contributed by atoms with Crippen LogP contribution in [0.3, 0.4) is 0 Å². The summed E-state index contributed by atoms with van der Waals surface area (Å²) < 4.78 is 31.4. The summed E-state index contributed by atoms with van der Waals surface area (Å²) in [6, 6.07) is 8.07. The molecule has 1 atom stereocenters. The van der Waals surface area contributed by atoms with Gasteiger partial charge in [-0.15, -0.1) is 0 Å². The first-order valence-electron chi connectivity index (χ1n) is 9.74. The number of carbonyl (C=O) groups is 1. The number of halogens is 1. The van der Waals surface area contributed by atoms with Crippen molar-refractivity contribution in [3.8, 4) is 22.9 Å². The Morgan fingerprint density at radius 2 is 2.10 bits per heavy atom. The molecule has 0 radical (unpaired) electrons. The zero-order chi connectivity index (χ0) is 21.8. The fourth-order valence-corrected chi connectivity index (χ4v) is 3.49. The predicted molar refractivity (Wildman–Crippen MR) is 110 cm³/mol. The van der Waals surface area contributed by atoms with E-state index in [1.165, 1.54) is 19.1 Å². The monoisotopic (exact) mass is 427 g/mol. The molecule has 2 aromatic heterocycles. The second kappa shape index (κ2) is 8.58. The summed E-state index contributed by atoms with van der Waals surface area (Å²) >= 11 is 0. The van der Waals surface area contributed by atoms with Crippen molar-refractivity contribution in [1.82, 2.24) is 20.0 Å². The number of benzene rings is 1. The minimum Gasteiger partial charge on any atom is -0.493 e. The number of piperidine rings is 1. The quantitative estimate of drug-likeness (QED) is 0.663. The van der Waals surface area contributed by atoms with Gasteiger partial charge in [0.2, 0.25) is 11.5 Å². The fraction of sp³-hybridized carbons (Fsp3) is 0.333. The van der Waals surface area contributed by atoms with Crippen molar-refractivity contribution in [2.24, 2.45) is 0 Å². The van der Waals surface area contributed by atoms with Crippen molar-refractivity contribution in [3.63, 3.8) is 0 Å².